The molecule has 4 aromatic rings. The maximum atomic E-state index is 13.2. The van der Waals surface area contributed by atoms with Crippen molar-refractivity contribution in [2.45, 2.75) is 6.54 Å². The minimum Gasteiger partial charge on any atom is -0.348 e. The quantitative estimate of drug-likeness (QED) is 0.444. The Morgan fingerprint density at radius 3 is 2.43 bits per heavy atom. The Kier molecular flexibility index (Phi) is 5.77. The zero-order valence-electron chi connectivity index (χ0n) is 15.8. The van der Waals surface area contributed by atoms with Gasteiger partial charge >= 0.3 is 0 Å². The highest BCUT2D eigenvalue weighted by Crippen LogP contribution is 2.23. The van der Waals surface area contributed by atoms with Crippen LogP contribution in [0.5, 0.6) is 0 Å². The molecule has 30 heavy (non-hydrogen) atoms. The van der Waals surface area contributed by atoms with Crippen LogP contribution in [-0.4, -0.2) is 16.7 Å². The number of hydrogen-bond acceptors (Lipinski definition) is 4. The van der Waals surface area contributed by atoms with E-state index in [1.807, 2.05) is 29.6 Å². The fourth-order valence-corrected chi connectivity index (χ4v) is 3.75. The van der Waals surface area contributed by atoms with Gasteiger partial charge in [-0.05, 0) is 59.5 Å². The number of carbonyl (C=O) groups excluding carboxylic acids is 2. The van der Waals surface area contributed by atoms with Gasteiger partial charge in [0.25, 0.3) is 5.91 Å². The van der Waals surface area contributed by atoms with Crippen LogP contribution in [0.25, 0.3) is 10.6 Å². The van der Waals surface area contributed by atoms with Gasteiger partial charge in [-0.1, -0.05) is 24.3 Å². The Hall–Kier alpha value is -3.64. The summed E-state index contributed by atoms with van der Waals surface area (Å²) in [7, 11) is 0. The molecule has 0 aliphatic carbocycles. The molecular weight excluding hydrogens is 399 g/mol. The van der Waals surface area contributed by atoms with Gasteiger partial charge in [0.2, 0.25) is 0 Å². The van der Waals surface area contributed by atoms with Crippen molar-refractivity contribution in [3.63, 3.8) is 0 Å². The molecule has 0 atom stereocenters. The molecule has 4 nitrogen and oxygen atoms in total. The van der Waals surface area contributed by atoms with Crippen LogP contribution in [0.4, 0.5) is 4.39 Å². The summed E-state index contributed by atoms with van der Waals surface area (Å²) in [6.07, 6.45) is 1.71. The van der Waals surface area contributed by atoms with E-state index in [2.05, 4.69) is 10.3 Å². The van der Waals surface area contributed by atoms with E-state index < -0.39 is 5.82 Å². The van der Waals surface area contributed by atoms with Gasteiger partial charge in [-0.3, -0.25) is 14.6 Å². The second-order valence-electron chi connectivity index (χ2n) is 6.59. The molecule has 148 valence electrons. The lowest BCUT2D eigenvalue weighted by Crippen LogP contribution is -2.25. The van der Waals surface area contributed by atoms with Crippen molar-refractivity contribution in [1.29, 1.82) is 0 Å². The third-order valence-corrected chi connectivity index (χ3v) is 5.47. The molecule has 0 aliphatic rings. The summed E-state index contributed by atoms with van der Waals surface area (Å²) in [5.74, 6) is -1.10. The average molecular weight is 416 g/mol. The Labute approximate surface area is 177 Å². The van der Waals surface area contributed by atoms with Crippen LogP contribution in [-0.2, 0) is 6.54 Å². The highest BCUT2D eigenvalue weighted by Gasteiger charge is 2.18. The normalized spacial score (nSPS) is 10.6. The van der Waals surface area contributed by atoms with E-state index in [-0.39, 0.29) is 22.8 Å². The molecule has 2 aromatic carbocycles. The molecule has 1 amide bonds. The molecule has 0 saturated heterocycles. The third kappa shape index (κ3) is 4.34. The third-order valence-electron chi connectivity index (χ3n) is 4.57. The topological polar surface area (TPSA) is 59.1 Å². The summed E-state index contributed by atoms with van der Waals surface area (Å²) in [6.45, 7) is 0.304. The second kappa shape index (κ2) is 8.80. The van der Waals surface area contributed by atoms with Crippen molar-refractivity contribution < 1.29 is 14.0 Å². The highest BCUT2D eigenvalue weighted by atomic mass is 32.1. The first-order valence-corrected chi connectivity index (χ1v) is 10.2. The Bertz CT molecular complexity index is 1190. The number of benzene rings is 2. The van der Waals surface area contributed by atoms with Crippen LogP contribution in [0.1, 0.15) is 31.8 Å². The number of thiophene rings is 1. The van der Waals surface area contributed by atoms with Crippen LogP contribution < -0.4 is 5.32 Å². The first-order chi connectivity index (χ1) is 14.6. The number of nitrogens with one attached hydrogen (secondary N) is 1. The Morgan fingerprint density at radius 1 is 0.933 bits per heavy atom. The predicted octanol–water partition coefficient (Wildman–Crippen LogP) is 5.11. The zero-order valence-corrected chi connectivity index (χ0v) is 16.7. The average Bonchev–Trinajstić information content (AvgIpc) is 3.33. The molecule has 0 spiro atoms. The van der Waals surface area contributed by atoms with Gasteiger partial charge in [-0.25, -0.2) is 4.39 Å². The SMILES string of the molecule is O=C(NCc1ccnc(-c2cccs2)c1)c1ccccc1C(=O)c1ccc(F)cc1. The summed E-state index contributed by atoms with van der Waals surface area (Å²) >= 11 is 1.60. The van der Waals surface area contributed by atoms with Crippen LogP contribution >= 0.6 is 11.3 Å². The van der Waals surface area contributed by atoms with Crippen LogP contribution in [0.15, 0.2) is 84.4 Å². The number of halogens is 1. The van der Waals surface area contributed by atoms with E-state index in [0.29, 0.717) is 12.1 Å². The predicted molar refractivity (Wildman–Crippen MR) is 115 cm³/mol. The number of hydrogen-bond donors (Lipinski definition) is 1. The van der Waals surface area contributed by atoms with Gasteiger partial charge in [0.15, 0.2) is 5.78 Å². The first kappa shape index (κ1) is 19.7. The molecule has 2 heterocycles. The van der Waals surface area contributed by atoms with Gasteiger partial charge in [-0.2, -0.15) is 0 Å². The summed E-state index contributed by atoms with van der Waals surface area (Å²) in [5.41, 5.74) is 2.63. The molecule has 0 radical (unpaired) electrons. The molecule has 4 rings (SSSR count). The van der Waals surface area contributed by atoms with E-state index >= 15 is 0 Å². The maximum absolute atomic E-state index is 13.2. The molecule has 1 N–H and O–H groups in total. The Morgan fingerprint density at radius 2 is 1.70 bits per heavy atom. The number of rotatable bonds is 6. The van der Waals surface area contributed by atoms with Crippen LogP contribution in [0.2, 0.25) is 0 Å². The second-order valence-corrected chi connectivity index (χ2v) is 7.54. The van der Waals surface area contributed by atoms with Crippen molar-refractivity contribution >= 4 is 23.0 Å². The first-order valence-electron chi connectivity index (χ1n) is 9.28. The van der Waals surface area contributed by atoms with Gasteiger partial charge in [0.05, 0.1) is 16.1 Å². The Balaban J connectivity index is 1.51. The number of amides is 1. The molecule has 2 aromatic heterocycles. The lowest BCUT2D eigenvalue weighted by molar-refractivity contribution is 0.0939. The molecule has 0 unspecified atom stereocenters. The zero-order chi connectivity index (χ0) is 20.9. The monoisotopic (exact) mass is 416 g/mol. The summed E-state index contributed by atoms with van der Waals surface area (Å²) in [5, 5.41) is 4.85. The molecular formula is C24H17FN2O2S. The van der Waals surface area contributed by atoms with Crippen LogP contribution in [0.3, 0.4) is 0 Å². The number of aromatic nitrogens is 1. The van der Waals surface area contributed by atoms with Crippen molar-refractivity contribution in [3.8, 4) is 10.6 Å². The lowest BCUT2D eigenvalue weighted by atomic mass is 9.98. The largest absolute Gasteiger partial charge is 0.348 e. The minimum atomic E-state index is -0.420. The van der Waals surface area contributed by atoms with Gasteiger partial charge in [0.1, 0.15) is 5.82 Å². The van der Waals surface area contributed by atoms with E-state index in [1.54, 1.807) is 41.8 Å². The number of nitrogens with zero attached hydrogens (tertiary/aromatic N) is 1. The van der Waals surface area contributed by atoms with Crippen molar-refractivity contribution in [2.24, 2.45) is 0 Å². The number of ketones is 1. The van der Waals surface area contributed by atoms with Gasteiger partial charge in [-0.15, -0.1) is 11.3 Å². The van der Waals surface area contributed by atoms with Crippen molar-refractivity contribution in [3.05, 3.63) is 112 Å². The van der Waals surface area contributed by atoms with Crippen molar-refractivity contribution in [1.82, 2.24) is 10.3 Å². The maximum Gasteiger partial charge on any atom is 0.252 e. The molecule has 6 heteroatoms. The number of carbonyl (C=O) groups is 2. The molecule has 0 fully saturated rings. The van der Waals surface area contributed by atoms with E-state index in [4.69, 9.17) is 0 Å². The lowest BCUT2D eigenvalue weighted by Gasteiger charge is -2.10. The van der Waals surface area contributed by atoms with Crippen molar-refractivity contribution in [2.75, 3.05) is 0 Å². The smallest absolute Gasteiger partial charge is 0.252 e. The van der Waals surface area contributed by atoms with Crippen LogP contribution in [0, 0.1) is 5.82 Å². The summed E-state index contributed by atoms with van der Waals surface area (Å²) in [6, 6.07) is 19.6. The fraction of sp³-hybridized carbons (Fsp3) is 0.0417. The standard InChI is InChI=1S/C24H17FN2O2S/c25-18-9-7-17(8-10-18)23(28)19-4-1-2-5-20(19)24(29)27-15-16-11-12-26-21(14-16)22-6-3-13-30-22/h1-14H,15H2,(H,27,29). The van der Waals surface area contributed by atoms with E-state index in [0.717, 1.165) is 16.1 Å². The molecule has 0 bridgehead atoms. The molecule has 0 aliphatic heterocycles. The number of pyridine rings is 1. The van der Waals surface area contributed by atoms with Gasteiger partial charge < -0.3 is 5.32 Å². The minimum absolute atomic E-state index is 0.274. The molecule has 0 saturated carbocycles. The summed E-state index contributed by atoms with van der Waals surface area (Å²) in [4.78, 5) is 31.1. The summed E-state index contributed by atoms with van der Waals surface area (Å²) < 4.78 is 13.2. The van der Waals surface area contributed by atoms with Gasteiger partial charge in [0, 0.05) is 23.9 Å². The highest BCUT2D eigenvalue weighted by molar-refractivity contribution is 7.13. The van der Waals surface area contributed by atoms with E-state index in [1.165, 1.54) is 24.3 Å². The van der Waals surface area contributed by atoms with E-state index in [9.17, 15) is 14.0 Å². The fourth-order valence-electron chi connectivity index (χ4n) is 3.06.